The van der Waals surface area contributed by atoms with Crippen LogP contribution in [0, 0.1) is 10.1 Å². The molecule has 0 saturated carbocycles. The van der Waals surface area contributed by atoms with Gasteiger partial charge in [-0.25, -0.2) is 8.42 Å². The van der Waals surface area contributed by atoms with Gasteiger partial charge in [0.25, 0.3) is 15.7 Å². The molecule has 0 spiro atoms. The number of anilines is 2. The molecule has 1 saturated heterocycles. The highest BCUT2D eigenvalue weighted by molar-refractivity contribution is 7.93. The number of sulfonamides is 1. The van der Waals surface area contributed by atoms with Gasteiger partial charge >= 0.3 is 0 Å². The average Bonchev–Trinajstić information content (AvgIpc) is 2.74. The van der Waals surface area contributed by atoms with Crippen molar-refractivity contribution < 1.29 is 18.1 Å². The van der Waals surface area contributed by atoms with Gasteiger partial charge in [0.05, 0.1) is 23.4 Å². The second-order valence-corrected chi connectivity index (χ2v) is 8.72. The Morgan fingerprint density at radius 3 is 2.53 bits per heavy atom. The fraction of sp³-hybridized carbons (Fsp3) is 0.400. The molecule has 0 aliphatic carbocycles. The minimum absolute atomic E-state index is 0.179. The van der Waals surface area contributed by atoms with Crippen molar-refractivity contribution in [3.63, 3.8) is 0 Å². The number of nitro benzene ring substituents is 1. The highest BCUT2D eigenvalue weighted by atomic mass is 32.2. The fourth-order valence-corrected chi connectivity index (χ4v) is 4.73. The molecule has 1 fully saturated rings. The molecule has 2 N–H and O–H groups in total. The van der Waals surface area contributed by atoms with E-state index in [0.717, 1.165) is 25.7 Å². The normalized spacial score (nSPS) is 14.8. The lowest BCUT2D eigenvalue weighted by Crippen LogP contribution is -2.33. The van der Waals surface area contributed by atoms with Gasteiger partial charge in [-0.1, -0.05) is 18.6 Å². The first-order valence-corrected chi connectivity index (χ1v) is 11.3. The largest absolute Gasteiger partial charge is 0.495 e. The maximum Gasteiger partial charge on any atom is 0.270 e. The maximum absolute atomic E-state index is 13.1. The third-order valence-corrected chi connectivity index (χ3v) is 6.41. The van der Waals surface area contributed by atoms with Gasteiger partial charge in [0.1, 0.15) is 10.6 Å². The van der Waals surface area contributed by atoms with Crippen molar-refractivity contribution in [3.05, 3.63) is 52.6 Å². The number of hydrogen-bond acceptors (Lipinski definition) is 7. The van der Waals surface area contributed by atoms with Crippen molar-refractivity contribution in [2.45, 2.75) is 24.2 Å². The van der Waals surface area contributed by atoms with E-state index in [2.05, 4.69) is 14.9 Å². The van der Waals surface area contributed by atoms with E-state index in [0.29, 0.717) is 18.0 Å². The van der Waals surface area contributed by atoms with E-state index in [1.54, 1.807) is 24.3 Å². The summed E-state index contributed by atoms with van der Waals surface area (Å²) < 4.78 is 33.9. The molecule has 0 aromatic heterocycles. The van der Waals surface area contributed by atoms with Gasteiger partial charge < -0.3 is 15.0 Å². The van der Waals surface area contributed by atoms with Crippen LogP contribution in [0.5, 0.6) is 5.75 Å². The van der Waals surface area contributed by atoms with Crippen molar-refractivity contribution in [2.75, 3.05) is 43.3 Å². The first-order valence-electron chi connectivity index (χ1n) is 9.81. The Morgan fingerprint density at radius 2 is 1.83 bits per heavy atom. The van der Waals surface area contributed by atoms with Crippen molar-refractivity contribution in [1.29, 1.82) is 0 Å². The lowest BCUT2D eigenvalue weighted by Gasteiger charge is -2.26. The van der Waals surface area contributed by atoms with Crippen molar-refractivity contribution >= 4 is 27.1 Å². The number of ether oxygens (including phenoxy) is 1. The summed E-state index contributed by atoms with van der Waals surface area (Å²) in [5, 5.41) is 14.3. The second-order valence-electron chi connectivity index (χ2n) is 7.07. The SMILES string of the molecule is COc1ccccc1NS(=O)(=O)c1cc([N+](=O)[O-])ccc1NCCN1CCCCC1. The molecule has 162 valence electrons. The molecule has 30 heavy (non-hydrogen) atoms. The van der Waals surface area contributed by atoms with E-state index >= 15 is 0 Å². The van der Waals surface area contributed by atoms with E-state index in [9.17, 15) is 18.5 Å². The van der Waals surface area contributed by atoms with E-state index in [1.807, 2.05) is 0 Å². The van der Waals surface area contributed by atoms with Gasteiger partial charge in [-0.3, -0.25) is 14.8 Å². The summed E-state index contributed by atoms with van der Waals surface area (Å²) in [6.07, 6.45) is 3.57. The van der Waals surface area contributed by atoms with Crippen LogP contribution >= 0.6 is 0 Å². The second kappa shape index (κ2) is 9.77. The summed E-state index contributed by atoms with van der Waals surface area (Å²) in [6.45, 7) is 3.37. The molecule has 3 rings (SSSR count). The molecular formula is C20H26N4O5S. The molecule has 0 bridgehead atoms. The molecule has 9 nitrogen and oxygen atoms in total. The molecule has 0 amide bonds. The summed E-state index contributed by atoms with van der Waals surface area (Å²) in [4.78, 5) is 12.7. The zero-order chi connectivity index (χ0) is 21.6. The molecule has 0 atom stereocenters. The fourth-order valence-electron chi connectivity index (χ4n) is 3.45. The van der Waals surface area contributed by atoms with Crippen LogP contribution in [0.2, 0.25) is 0 Å². The summed E-state index contributed by atoms with van der Waals surface area (Å²) in [6, 6.07) is 10.4. The first kappa shape index (κ1) is 21.8. The number of piperidine rings is 1. The average molecular weight is 435 g/mol. The van der Waals surface area contributed by atoms with Crippen LogP contribution in [0.1, 0.15) is 19.3 Å². The minimum atomic E-state index is -4.10. The van der Waals surface area contributed by atoms with E-state index in [4.69, 9.17) is 4.74 Å². The van der Waals surface area contributed by atoms with Crippen LogP contribution in [0.15, 0.2) is 47.4 Å². The molecule has 0 radical (unpaired) electrons. The molecule has 10 heteroatoms. The smallest absolute Gasteiger partial charge is 0.270 e. The standard InChI is InChI=1S/C20H26N4O5S/c1-29-19-8-4-3-7-17(19)22-30(27,28)20-15-16(24(25)26)9-10-18(20)21-11-14-23-12-5-2-6-13-23/h3-4,7-10,15,21-22H,2,5-6,11-14H2,1H3. The van der Waals surface area contributed by atoms with Crippen molar-refractivity contribution in [3.8, 4) is 5.75 Å². The lowest BCUT2D eigenvalue weighted by atomic mass is 10.1. The Balaban J connectivity index is 1.84. The van der Waals surface area contributed by atoms with Gasteiger partial charge in [0, 0.05) is 25.2 Å². The Hall–Kier alpha value is -2.85. The Morgan fingerprint density at radius 1 is 1.10 bits per heavy atom. The van der Waals surface area contributed by atoms with Crippen LogP contribution in [-0.2, 0) is 10.0 Å². The van der Waals surface area contributed by atoms with Crippen molar-refractivity contribution in [2.24, 2.45) is 0 Å². The zero-order valence-electron chi connectivity index (χ0n) is 16.8. The monoisotopic (exact) mass is 434 g/mol. The van der Waals surface area contributed by atoms with Crippen LogP contribution in [0.4, 0.5) is 17.1 Å². The number of methoxy groups -OCH3 is 1. The Kier molecular flexibility index (Phi) is 7.11. The molecule has 1 heterocycles. The number of nitrogens with zero attached hydrogens (tertiary/aromatic N) is 2. The topological polar surface area (TPSA) is 114 Å². The maximum atomic E-state index is 13.1. The number of likely N-dealkylation sites (tertiary alicyclic amines) is 1. The lowest BCUT2D eigenvalue weighted by molar-refractivity contribution is -0.385. The number of non-ortho nitro benzene ring substituents is 1. The molecule has 2 aromatic rings. The van der Waals surface area contributed by atoms with Crippen LogP contribution in [-0.4, -0.2) is 51.5 Å². The summed E-state index contributed by atoms with van der Waals surface area (Å²) >= 11 is 0. The quantitative estimate of drug-likeness (QED) is 0.460. The van der Waals surface area contributed by atoms with Crippen LogP contribution < -0.4 is 14.8 Å². The summed E-state index contributed by atoms with van der Waals surface area (Å²) in [5.74, 6) is 0.353. The number of hydrogen-bond donors (Lipinski definition) is 2. The Bertz CT molecular complexity index is 990. The predicted octanol–water partition coefficient (Wildman–Crippen LogP) is 3.30. The molecule has 1 aliphatic rings. The third kappa shape index (κ3) is 5.39. The van der Waals surface area contributed by atoms with Crippen LogP contribution in [0.3, 0.4) is 0 Å². The Labute approximate surface area is 176 Å². The van der Waals surface area contributed by atoms with Crippen LogP contribution in [0.25, 0.3) is 0 Å². The van der Waals surface area contributed by atoms with E-state index in [-0.39, 0.29) is 16.3 Å². The van der Waals surface area contributed by atoms with Gasteiger partial charge in [-0.2, -0.15) is 0 Å². The van der Waals surface area contributed by atoms with Crippen molar-refractivity contribution in [1.82, 2.24) is 4.90 Å². The molecular weight excluding hydrogens is 408 g/mol. The minimum Gasteiger partial charge on any atom is -0.495 e. The van der Waals surface area contributed by atoms with Gasteiger partial charge in [0.2, 0.25) is 0 Å². The van der Waals surface area contributed by atoms with Gasteiger partial charge in [-0.05, 0) is 44.1 Å². The van der Waals surface area contributed by atoms with Gasteiger partial charge in [-0.15, -0.1) is 0 Å². The summed E-state index contributed by atoms with van der Waals surface area (Å²) in [5.41, 5.74) is 0.280. The summed E-state index contributed by atoms with van der Waals surface area (Å²) in [7, 11) is -2.66. The highest BCUT2D eigenvalue weighted by Gasteiger charge is 2.24. The predicted molar refractivity (Wildman–Crippen MR) is 116 cm³/mol. The number of nitro groups is 1. The first-order chi connectivity index (χ1) is 14.4. The number of para-hydroxylation sites is 2. The number of rotatable bonds is 9. The molecule has 2 aromatic carbocycles. The highest BCUT2D eigenvalue weighted by Crippen LogP contribution is 2.31. The van der Waals surface area contributed by atoms with E-state index < -0.39 is 14.9 Å². The third-order valence-electron chi connectivity index (χ3n) is 5.01. The van der Waals surface area contributed by atoms with E-state index in [1.165, 1.54) is 38.5 Å². The molecule has 1 aliphatic heterocycles. The number of benzene rings is 2. The van der Waals surface area contributed by atoms with Gasteiger partial charge in [0.15, 0.2) is 0 Å². The number of nitrogens with one attached hydrogen (secondary N) is 2. The zero-order valence-corrected chi connectivity index (χ0v) is 17.7. The molecule has 0 unspecified atom stereocenters.